The fourth-order valence-electron chi connectivity index (χ4n) is 4.06. The van der Waals surface area contributed by atoms with Gasteiger partial charge >= 0.3 is 0 Å². The third kappa shape index (κ3) is 4.30. The molecule has 2 saturated heterocycles. The van der Waals surface area contributed by atoms with Crippen molar-refractivity contribution in [2.45, 2.75) is 33.1 Å². The molecule has 1 aromatic carbocycles. The van der Waals surface area contributed by atoms with Crippen molar-refractivity contribution in [3.63, 3.8) is 0 Å². The molecular weight excluding hydrogens is 378 g/mol. The van der Waals surface area contributed by atoms with Crippen molar-refractivity contribution in [1.29, 1.82) is 0 Å². The Hall–Kier alpha value is -2.96. The van der Waals surface area contributed by atoms with Gasteiger partial charge in [-0.1, -0.05) is 32.9 Å². The number of carbonyl (C=O) groups is 2. The third-order valence-corrected chi connectivity index (χ3v) is 5.90. The van der Waals surface area contributed by atoms with Crippen molar-refractivity contribution in [3.8, 4) is 0 Å². The average Bonchev–Trinajstić information content (AvgIpc) is 3.18. The van der Waals surface area contributed by atoms with Crippen LogP contribution in [0.2, 0.25) is 0 Å². The van der Waals surface area contributed by atoms with E-state index in [1.807, 2.05) is 49.9 Å². The molecule has 0 spiro atoms. The van der Waals surface area contributed by atoms with Gasteiger partial charge in [-0.05, 0) is 36.2 Å². The van der Waals surface area contributed by atoms with E-state index in [0.717, 1.165) is 37.6 Å². The van der Waals surface area contributed by atoms with Crippen LogP contribution in [-0.2, 0) is 9.59 Å². The summed E-state index contributed by atoms with van der Waals surface area (Å²) in [5, 5.41) is 11.1. The van der Waals surface area contributed by atoms with Gasteiger partial charge in [0.05, 0.1) is 5.92 Å². The van der Waals surface area contributed by atoms with Crippen molar-refractivity contribution >= 4 is 23.3 Å². The lowest BCUT2D eigenvalue weighted by molar-refractivity contribution is -0.144. The molecule has 0 aliphatic carbocycles. The SMILES string of the molecule is CC(C)(C)C(=O)N1CC(c2ccc(NC(=O)[C@H]3CCN(c4cccnn4)C3)cc2)C1. The van der Waals surface area contributed by atoms with Crippen molar-refractivity contribution in [1.82, 2.24) is 15.1 Å². The Balaban J connectivity index is 1.28. The van der Waals surface area contributed by atoms with E-state index < -0.39 is 0 Å². The number of carbonyl (C=O) groups excluding carboxylic acids is 2. The van der Waals surface area contributed by atoms with Gasteiger partial charge < -0.3 is 15.1 Å². The number of nitrogens with zero attached hydrogens (tertiary/aromatic N) is 4. The lowest BCUT2D eigenvalue weighted by Gasteiger charge is -2.42. The van der Waals surface area contributed by atoms with E-state index in [-0.39, 0.29) is 23.1 Å². The van der Waals surface area contributed by atoms with Crippen LogP contribution >= 0.6 is 0 Å². The number of rotatable bonds is 4. The van der Waals surface area contributed by atoms with E-state index in [0.29, 0.717) is 12.5 Å². The number of hydrogen-bond acceptors (Lipinski definition) is 5. The number of amides is 2. The quantitative estimate of drug-likeness (QED) is 0.843. The maximum Gasteiger partial charge on any atom is 0.229 e. The van der Waals surface area contributed by atoms with Crippen LogP contribution in [0.15, 0.2) is 42.6 Å². The molecule has 2 amide bonds. The number of likely N-dealkylation sites (tertiary alicyclic amines) is 1. The smallest absolute Gasteiger partial charge is 0.229 e. The zero-order valence-electron chi connectivity index (χ0n) is 17.8. The standard InChI is InChI=1S/C23H29N5O2/c1-23(2,3)22(30)28-14-18(15-28)16-6-8-19(9-7-16)25-21(29)17-10-12-27(13-17)20-5-4-11-24-26-20/h4-9,11,17-18H,10,12-15H2,1-3H3,(H,25,29)/t17-/m0/s1. The van der Waals surface area contributed by atoms with Gasteiger partial charge in [0.2, 0.25) is 11.8 Å². The highest BCUT2D eigenvalue weighted by atomic mass is 16.2. The Morgan fingerprint density at radius 1 is 1.07 bits per heavy atom. The fourth-order valence-corrected chi connectivity index (χ4v) is 4.06. The molecule has 0 saturated carbocycles. The molecule has 2 aliphatic rings. The summed E-state index contributed by atoms with van der Waals surface area (Å²) in [6.45, 7) is 8.86. The van der Waals surface area contributed by atoms with E-state index in [9.17, 15) is 9.59 Å². The lowest BCUT2D eigenvalue weighted by atomic mass is 9.87. The predicted molar refractivity (Wildman–Crippen MR) is 116 cm³/mol. The van der Waals surface area contributed by atoms with Gasteiger partial charge in [0.25, 0.3) is 0 Å². The zero-order chi connectivity index (χ0) is 21.3. The first-order valence-electron chi connectivity index (χ1n) is 10.5. The van der Waals surface area contributed by atoms with Crippen LogP contribution in [0.5, 0.6) is 0 Å². The highest BCUT2D eigenvalue weighted by Crippen LogP contribution is 2.31. The highest BCUT2D eigenvalue weighted by molar-refractivity contribution is 5.93. The molecule has 7 nitrogen and oxygen atoms in total. The molecule has 1 aromatic heterocycles. The third-order valence-electron chi connectivity index (χ3n) is 5.90. The average molecular weight is 408 g/mol. The summed E-state index contributed by atoms with van der Waals surface area (Å²) in [5.74, 6) is 1.37. The van der Waals surface area contributed by atoms with Gasteiger partial charge in [-0.25, -0.2) is 0 Å². The monoisotopic (exact) mass is 407 g/mol. The van der Waals surface area contributed by atoms with E-state index >= 15 is 0 Å². The van der Waals surface area contributed by atoms with Crippen LogP contribution in [0.3, 0.4) is 0 Å². The summed E-state index contributed by atoms with van der Waals surface area (Å²) in [6, 6.07) is 11.8. The summed E-state index contributed by atoms with van der Waals surface area (Å²) < 4.78 is 0. The molecule has 158 valence electrons. The largest absolute Gasteiger partial charge is 0.354 e. The number of hydrogen-bond donors (Lipinski definition) is 1. The first-order chi connectivity index (χ1) is 14.3. The Morgan fingerprint density at radius 2 is 1.80 bits per heavy atom. The number of benzene rings is 1. The van der Waals surface area contributed by atoms with E-state index in [2.05, 4.69) is 32.5 Å². The summed E-state index contributed by atoms with van der Waals surface area (Å²) in [5.41, 5.74) is 1.69. The molecule has 0 unspecified atom stereocenters. The highest BCUT2D eigenvalue weighted by Gasteiger charge is 2.36. The van der Waals surface area contributed by atoms with E-state index in [1.165, 1.54) is 5.56 Å². The molecule has 30 heavy (non-hydrogen) atoms. The second-order valence-corrected chi connectivity index (χ2v) is 9.28. The minimum Gasteiger partial charge on any atom is -0.354 e. The molecule has 3 heterocycles. The lowest BCUT2D eigenvalue weighted by Crippen LogP contribution is -2.52. The Morgan fingerprint density at radius 3 is 2.43 bits per heavy atom. The van der Waals surface area contributed by atoms with Gasteiger partial charge in [0.15, 0.2) is 5.82 Å². The molecule has 2 fully saturated rings. The summed E-state index contributed by atoms with van der Waals surface area (Å²) >= 11 is 0. The fraction of sp³-hybridized carbons (Fsp3) is 0.478. The molecule has 7 heteroatoms. The molecule has 2 aliphatic heterocycles. The van der Waals surface area contributed by atoms with Crippen molar-refractivity contribution in [3.05, 3.63) is 48.2 Å². The molecule has 1 N–H and O–H groups in total. The van der Waals surface area contributed by atoms with Crippen LogP contribution in [0.1, 0.15) is 38.7 Å². The van der Waals surface area contributed by atoms with Crippen LogP contribution in [0.25, 0.3) is 0 Å². The molecule has 2 aromatic rings. The van der Waals surface area contributed by atoms with Crippen molar-refractivity contribution in [2.24, 2.45) is 11.3 Å². The predicted octanol–water partition coefficient (Wildman–Crippen LogP) is 2.91. The molecule has 0 bridgehead atoms. The maximum atomic E-state index is 12.7. The van der Waals surface area contributed by atoms with Gasteiger partial charge in [-0.3, -0.25) is 9.59 Å². The maximum absolute atomic E-state index is 12.7. The van der Waals surface area contributed by atoms with Crippen molar-refractivity contribution in [2.75, 3.05) is 36.4 Å². The van der Waals surface area contributed by atoms with Crippen LogP contribution < -0.4 is 10.2 Å². The first-order valence-corrected chi connectivity index (χ1v) is 10.5. The van der Waals surface area contributed by atoms with Gasteiger partial charge in [-0.15, -0.1) is 5.10 Å². The first kappa shape index (κ1) is 20.3. The number of aromatic nitrogens is 2. The minimum atomic E-state index is -0.331. The Labute approximate surface area is 177 Å². The van der Waals surface area contributed by atoms with E-state index in [1.54, 1.807) is 6.20 Å². The van der Waals surface area contributed by atoms with Gasteiger partial charge in [0.1, 0.15) is 0 Å². The Kier molecular flexibility index (Phi) is 5.45. The minimum absolute atomic E-state index is 0.0414. The van der Waals surface area contributed by atoms with Gasteiger partial charge in [0, 0.05) is 49.4 Å². The second-order valence-electron chi connectivity index (χ2n) is 9.28. The molecular formula is C23H29N5O2. The van der Waals surface area contributed by atoms with Crippen LogP contribution in [0.4, 0.5) is 11.5 Å². The Bertz CT molecular complexity index is 901. The molecule has 1 atom stereocenters. The van der Waals surface area contributed by atoms with E-state index in [4.69, 9.17) is 0 Å². The number of nitrogens with one attached hydrogen (secondary N) is 1. The molecule has 0 radical (unpaired) electrons. The van der Waals surface area contributed by atoms with Crippen molar-refractivity contribution < 1.29 is 9.59 Å². The summed E-state index contributed by atoms with van der Waals surface area (Å²) in [7, 11) is 0. The second kappa shape index (κ2) is 8.05. The van der Waals surface area contributed by atoms with Gasteiger partial charge in [-0.2, -0.15) is 5.10 Å². The topological polar surface area (TPSA) is 78.4 Å². The summed E-state index contributed by atoms with van der Waals surface area (Å²) in [6.07, 6.45) is 2.46. The van der Waals surface area contributed by atoms with Crippen LogP contribution in [-0.4, -0.2) is 53.1 Å². The zero-order valence-corrected chi connectivity index (χ0v) is 17.8. The number of anilines is 2. The normalized spacial score (nSPS) is 19.5. The summed E-state index contributed by atoms with van der Waals surface area (Å²) in [4.78, 5) is 29.0. The molecule has 4 rings (SSSR count). The van der Waals surface area contributed by atoms with Crippen LogP contribution in [0, 0.1) is 11.3 Å².